The van der Waals surface area contributed by atoms with E-state index >= 15 is 0 Å². The molecule has 4 atom stereocenters. The standard InChI is InChI=1S/C17H32N2O4/c1-7-11(2)13(18)8-9-15(19)21-10-14(20-6)16-12(3)22-17(4,5)23-16/h8-9,11-12,14,16H,7,10,18-19H2,1-6H3/b13-8-,15-9+. The molecule has 23 heavy (non-hydrogen) atoms. The first kappa shape index (κ1) is 19.8. The Kier molecular flexibility index (Phi) is 7.38. The molecule has 1 heterocycles. The van der Waals surface area contributed by atoms with Crippen molar-refractivity contribution in [2.75, 3.05) is 13.7 Å². The van der Waals surface area contributed by atoms with Crippen LogP contribution >= 0.6 is 0 Å². The van der Waals surface area contributed by atoms with Crippen LogP contribution in [0.15, 0.2) is 23.7 Å². The Morgan fingerprint density at radius 1 is 1.26 bits per heavy atom. The van der Waals surface area contributed by atoms with Crippen molar-refractivity contribution in [2.24, 2.45) is 17.4 Å². The fourth-order valence-corrected chi connectivity index (χ4v) is 2.45. The molecule has 0 radical (unpaired) electrons. The second kappa shape index (κ2) is 8.57. The summed E-state index contributed by atoms with van der Waals surface area (Å²) in [7, 11) is 1.62. The van der Waals surface area contributed by atoms with Crippen LogP contribution in [0, 0.1) is 5.92 Å². The number of hydrogen-bond acceptors (Lipinski definition) is 6. The second-order valence-corrected chi connectivity index (χ2v) is 6.44. The molecule has 1 saturated heterocycles. The average molecular weight is 328 g/mol. The van der Waals surface area contributed by atoms with E-state index in [4.69, 9.17) is 30.4 Å². The van der Waals surface area contributed by atoms with Gasteiger partial charge in [0.1, 0.15) is 18.8 Å². The van der Waals surface area contributed by atoms with Gasteiger partial charge in [0.2, 0.25) is 0 Å². The van der Waals surface area contributed by atoms with Gasteiger partial charge in [0.05, 0.1) is 6.10 Å². The molecule has 0 aromatic rings. The Bertz CT molecular complexity index is 434. The molecule has 1 aliphatic rings. The topological polar surface area (TPSA) is 89.0 Å². The van der Waals surface area contributed by atoms with Crippen molar-refractivity contribution in [1.82, 2.24) is 0 Å². The molecule has 4 N–H and O–H groups in total. The van der Waals surface area contributed by atoms with Gasteiger partial charge < -0.3 is 30.4 Å². The predicted molar refractivity (Wildman–Crippen MR) is 90.2 cm³/mol. The number of rotatable bonds is 8. The lowest BCUT2D eigenvalue weighted by Crippen LogP contribution is -2.39. The molecule has 1 aliphatic heterocycles. The highest BCUT2D eigenvalue weighted by Gasteiger charge is 2.43. The zero-order valence-corrected chi connectivity index (χ0v) is 15.2. The number of hydrogen-bond donors (Lipinski definition) is 2. The highest BCUT2D eigenvalue weighted by atomic mass is 16.8. The van der Waals surface area contributed by atoms with Crippen molar-refractivity contribution < 1.29 is 18.9 Å². The number of methoxy groups -OCH3 is 1. The van der Waals surface area contributed by atoms with Crippen molar-refractivity contribution in [3.05, 3.63) is 23.7 Å². The summed E-state index contributed by atoms with van der Waals surface area (Å²) in [6, 6.07) is 0. The first-order chi connectivity index (χ1) is 10.7. The van der Waals surface area contributed by atoms with Gasteiger partial charge in [-0.05, 0) is 45.3 Å². The van der Waals surface area contributed by atoms with Gasteiger partial charge in [-0.3, -0.25) is 0 Å². The van der Waals surface area contributed by atoms with Crippen LogP contribution in [0.1, 0.15) is 41.0 Å². The molecule has 134 valence electrons. The molecule has 0 aliphatic carbocycles. The first-order valence-corrected chi connectivity index (χ1v) is 8.14. The van der Waals surface area contributed by atoms with E-state index in [1.54, 1.807) is 19.3 Å². The van der Waals surface area contributed by atoms with E-state index in [-0.39, 0.29) is 24.9 Å². The van der Waals surface area contributed by atoms with Crippen molar-refractivity contribution in [1.29, 1.82) is 0 Å². The fraction of sp³-hybridized carbons (Fsp3) is 0.765. The Balaban J connectivity index is 2.57. The molecule has 4 unspecified atom stereocenters. The SMILES string of the molecule is CCC(C)/C(N)=C/C=C(\N)OCC(OC)C1OC(C)(C)OC1C. The molecule has 6 heteroatoms. The summed E-state index contributed by atoms with van der Waals surface area (Å²) in [4.78, 5) is 0. The van der Waals surface area contributed by atoms with Gasteiger partial charge >= 0.3 is 0 Å². The monoisotopic (exact) mass is 328 g/mol. The summed E-state index contributed by atoms with van der Waals surface area (Å²) in [6.45, 7) is 10.2. The van der Waals surface area contributed by atoms with Crippen molar-refractivity contribution in [3.8, 4) is 0 Å². The van der Waals surface area contributed by atoms with Crippen LogP contribution in [0.2, 0.25) is 0 Å². The third-order valence-corrected chi connectivity index (χ3v) is 4.06. The molecular weight excluding hydrogens is 296 g/mol. The minimum Gasteiger partial charge on any atom is -0.476 e. The minimum absolute atomic E-state index is 0.0790. The molecule has 6 nitrogen and oxygen atoms in total. The maximum Gasteiger partial charge on any atom is 0.184 e. The first-order valence-electron chi connectivity index (χ1n) is 8.14. The zero-order chi connectivity index (χ0) is 17.6. The highest BCUT2D eigenvalue weighted by molar-refractivity contribution is 5.13. The van der Waals surface area contributed by atoms with Crippen LogP contribution < -0.4 is 11.5 Å². The van der Waals surface area contributed by atoms with E-state index in [2.05, 4.69) is 13.8 Å². The summed E-state index contributed by atoms with van der Waals surface area (Å²) in [5.74, 6) is -0.00237. The maximum atomic E-state index is 5.95. The Morgan fingerprint density at radius 2 is 1.91 bits per heavy atom. The fourth-order valence-electron chi connectivity index (χ4n) is 2.45. The third kappa shape index (κ3) is 6.05. The van der Waals surface area contributed by atoms with Gasteiger partial charge in [-0.2, -0.15) is 0 Å². The van der Waals surface area contributed by atoms with Crippen LogP contribution in [0.3, 0.4) is 0 Å². The van der Waals surface area contributed by atoms with E-state index in [1.807, 2.05) is 20.8 Å². The van der Waals surface area contributed by atoms with Crippen LogP contribution in [0.5, 0.6) is 0 Å². The second-order valence-electron chi connectivity index (χ2n) is 6.44. The van der Waals surface area contributed by atoms with E-state index < -0.39 is 5.79 Å². The van der Waals surface area contributed by atoms with Crippen LogP contribution in [-0.4, -0.2) is 37.8 Å². The van der Waals surface area contributed by atoms with Crippen LogP contribution in [0.4, 0.5) is 0 Å². The van der Waals surface area contributed by atoms with Gasteiger partial charge in [0.15, 0.2) is 11.7 Å². The zero-order valence-electron chi connectivity index (χ0n) is 15.2. The van der Waals surface area contributed by atoms with Gasteiger partial charge in [0, 0.05) is 12.8 Å². The molecule has 0 bridgehead atoms. The van der Waals surface area contributed by atoms with Crippen molar-refractivity contribution in [3.63, 3.8) is 0 Å². The predicted octanol–water partition coefficient (Wildman–Crippen LogP) is 2.25. The quantitative estimate of drug-likeness (QED) is 0.525. The van der Waals surface area contributed by atoms with E-state index in [9.17, 15) is 0 Å². The summed E-state index contributed by atoms with van der Waals surface area (Å²) >= 11 is 0. The number of ether oxygens (including phenoxy) is 4. The van der Waals surface area contributed by atoms with Crippen molar-refractivity contribution in [2.45, 2.75) is 65.1 Å². The Labute approximate surface area is 139 Å². The lowest BCUT2D eigenvalue weighted by molar-refractivity contribution is -0.160. The van der Waals surface area contributed by atoms with Crippen LogP contribution in [-0.2, 0) is 18.9 Å². The largest absolute Gasteiger partial charge is 0.476 e. The average Bonchev–Trinajstić information content (AvgIpc) is 2.77. The molecule has 0 aromatic carbocycles. The lowest BCUT2D eigenvalue weighted by atomic mass is 10.1. The molecule has 0 aromatic heterocycles. The summed E-state index contributed by atoms with van der Waals surface area (Å²) in [5, 5.41) is 0. The molecule has 0 spiro atoms. The smallest absolute Gasteiger partial charge is 0.184 e. The van der Waals surface area contributed by atoms with Gasteiger partial charge in [0.25, 0.3) is 0 Å². The van der Waals surface area contributed by atoms with Gasteiger partial charge in [-0.15, -0.1) is 0 Å². The lowest BCUT2D eigenvalue weighted by Gasteiger charge is -2.24. The van der Waals surface area contributed by atoms with E-state index in [0.717, 1.165) is 12.1 Å². The Hall–Kier alpha value is -1.24. The normalized spacial score (nSPS) is 27.7. The Morgan fingerprint density at radius 3 is 2.39 bits per heavy atom. The molecule has 0 saturated carbocycles. The van der Waals surface area contributed by atoms with E-state index in [0.29, 0.717) is 11.8 Å². The van der Waals surface area contributed by atoms with Gasteiger partial charge in [-0.25, -0.2) is 0 Å². The molecule has 1 rings (SSSR count). The summed E-state index contributed by atoms with van der Waals surface area (Å²) in [6.07, 6.45) is 3.89. The third-order valence-electron chi connectivity index (χ3n) is 4.06. The molecule has 1 fully saturated rings. The molecule has 0 amide bonds. The maximum absolute atomic E-state index is 5.95. The molecular formula is C17H32N2O4. The number of allylic oxidation sites excluding steroid dienone is 3. The van der Waals surface area contributed by atoms with E-state index in [1.165, 1.54) is 0 Å². The minimum atomic E-state index is -0.615. The highest BCUT2D eigenvalue weighted by Crippen LogP contribution is 2.30. The van der Waals surface area contributed by atoms with Crippen LogP contribution in [0.25, 0.3) is 0 Å². The summed E-state index contributed by atoms with van der Waals surface area (Å²) < 4.78 is 22.7. The van der Waals surface area contributed by atoms with Crippen molar-refractivity contribution >= 4 is 0 Å². The number of nitrogens with two attached hydrogens (primary N) is 2. The van der Waals surface area contributed by atoms with Gasteiger partial charge in [-0.1, -0.05) is 13.8 Å². The summed E-state index contributed by atoms with van der Waals surface area (Å²) in [5.41, 5.74) is 12.6.